The molecular formula is C14H19ClN2O. The van der Waals surface area contributed by atoms with Crippen LogP contribution < -0.4 is 5.73 Å². The molecule has 1 saturated heterocycles. The Morgan fingerprint density at radius 2 is 1.94 bits per heavy atom. The molecule has 4 heteroatoms. The number of hydrogen-bond donors (Lipinski definition) is 1. The molecule has 2 rings (SSSR count). The van der Waals surface area contributed by atoms with Crippen LogP contribution in [0.2, 0.25) is 5.02 Å². The topological polar surface area (TPSA) is 46.3 Å². The lowest BCUT2D eigenvalue weighted by molar-refractivity contribution is 0.0623. The van der Waals surface area contributed by atoms with Gasteiger partial charge in [0.1, 0.15) is 0 Å². The van der Waals surface area contributed by atoms with Crippen molar-refractivity contribution in [3.8, 4) is 0 Å². The number of carbonyl (C=O) groups is 1. The molecule has 0 saturated carbocycles. The third kappa shape index (κ3) is 2.78. The molecule has 1 amide bonds. The number of anilines is 1. The van der Waals surface area contributed by atoms with Crippen LogP contribution in [0, 0.1) is 11.8 Å². The fourth-order valence-electron chi connectivity index (χ4n) is 2.71. The predicted octanol–water partition coefficient (Wildman–Crippen LogP) is 3.04. The van der Waals surface area contributed by atoms with Gasteiger partial charge in [0, 0.05) is 18.8 Å². The maximum Gasteiger partial charge on any atom is 0.255 e. The summed E-state index contributed by atoms with van der Waals surface area (Å²) in [5.74, 6) is 1.07. The van der Waals surface area contributed by atoms with E-state index < -0.39 is 0 Å². The van der Waals surface area contributed by atoms with Crippen molar-refractivity contribution in [2.75, 3.05) is 18.8 Å². The number of benzene rings is 1. The number of hydrogen-bond acceptors (Lipinski definition) is 2. The molecule has 1 aromatic rings. The Balaban J connectivity index is 2.22. The smallest absolute Gasteiger partial charge is 0.255 e. The van der Waals surface area contributed by atoms with Crippen LogP contribution in [0.15, 0.2) is 18.2 Å². The number of nitrogens with two attached hydrogens (primary N) is 1. The normalized spacial score (nSPS) is 24.1. The van der Waals surface area contributed by atoms with Gasteiger partial charge in [-0.05, 0) is 36.5 Å². The van der Waals surface area contributed by atoms with Crippen LogP contribution in [0.25, 0.3) is 0 Å². The molecule has 0 spiro atoms. The van der Waals surface area contributed by atoms with E-state index in [9.17, 15) is 4.79 Å². The maximum atomic E-state index is 12.4. The van der Waals surface area contributed by atoms with E-state index in [1.165, 1.54) is 6.42 Å². The van der Waals surface area contributed by atoms with Crippen molar-refractivity contribution in [3.63, 3.8) is 0 Å². The quantitative estimate of drug-likeness (QED) is 0.794. The summed E-state index contributed by atoms with van der Waals surface area (Å²) >= 11 is 6.08. The van der Waals surface area contributed by atoms with Gasteiger partial charge < -0.3 is 10.6 Å². The van der Waals surface area contributed by atoms with Gasteiger partial charge in [0.2, 0.25) is 0 Å². The molecule has 0 bridgehead atoms. The van der Waals surface area contributed by atoms with Crippen LogP contribution in [-0.4, -0.2) is 23.9 Å². The van der Waals surface area contributed by atoms with Crippen LogP contribution in [0.3, 0.4) is 0 Å². The average Bonchev–Trinajstić information content (AvgIpc) is 2.30. The highest BCUT2D eigenvalue weighted by Crippen LogP contribution is 2.25. The Bertz CT molecular complexity index is 451. The molecule has 3 nitrogen and oxygen atoms in total. The first-order chi connectivity index (χ1) is 8.47. The Morgan fingerprint density at radius 3 is 2.56 bits per heavy atom. The van der Waals surface area contributed by atoms with Crippen LogP contribution in [0.1, 0.15) is 30.6 Å². The van der Waals surface area contributed by atoms with Crippen molar-refractivity contribution in [2.45, 2.75) is 20.3 Å². The summed E-state index contributed by atoms with van der Waals surface area (Å²) in [6.45, 7) is 5.95. The number of rotatable bonds is 1. The molecular weight excluding hydrogens is 248 g/mol. The minimum atomic E-state index is -0.00861. The highest BCUT2D eigenvalue weighted by Gasteiger charge is 2.27. The summed E-state index contributed by atoms with van der Waals surface area (Å²) in [4.78, 5) is 14.3. The van der Waals surface area contributed by atoms with Crippen molar-refractivity contribution in [3.05, 3.63) is 28.8 Å². The molecule has 0 aromatic heterocycles. The molecule has 0 radical (unpaired) electrons. The SMILES string of the molecule is C[C@@H]1C[C@@H](C)CN(C(=O)c2cc(N)ccc2Cl)C1. The molecule has 1 fully saturated rings. The van der Waals surface area contributed by atoms with Crippen molar-refractivity contribution < 1.29 is 4.79 Å². The van der Waals surface area contributed by atoms with Gasteiger partial charge in [-0.25, -0.2) is 0 Å². The molecule has 98 valence electrons. The van der Waals surface area contributed by atoms with Crippen LogP contribution in [-0.2, 0) is 0 Å². The maximum absolute atomic E-state index is 12.4. The van der Waals surface area contributed by atoms with E-state index in [2.05, 4.69) is 13.8 Å². The van der Waals surface area contributed by atoms with E-state index in [0.717, 1.165) is 13.1 Å². The fraction of sp³-hybridized carbons (Fsp3) is 0.500. The van der Waals surface area contributed by atoms with E-state index >= 15 is 0 Å². The number of halogens is 1. The monoisotopic (exact) mass is 266 g/mol. The molecule has 1 heterocycles. The standard InChI is InChI=1S/C14H19ClN2O/c1-9-5-10(2)8-17(7-9)14(18)12-6-11(16)3-4-13(12)15/h3-4,6,9-10H,5,7-8,16H2,1-2H3/t9-,10-/m1/s1. The summed E-state index contributed by atoms with van der Waals surface area (Å²) < 4.78 is 0. The molecule has 0 aliphatic carbocycles. The fourth-order valence-corrected chi connectivity index (χ4v) is 2.90. The molecule has 1 aromatic carbocycles. The van der Waals surface area contributed by atoms with Crippen molar-refractivity contribution in [1.82, 2.24) is 4.90 Å². The molecule has 1 aliphatic heterocycles. The summed E-state index contributed by atoms with van der Waals surface area (Å²) in [7, 11) is 0. The Labute approximate surface area is 113 Å². The average molecular weight is 267 g/mol. The Morgan fingerprint density at radius 1 is 1.33 bits per heavy atom. The van der Waals surface area contributed by atoms with Crippen LogP contribution in [0.5, 0.6) is 0 Å². The first-order valence-electron chi connectivity index (χ1n) is 6.31. The third-order valence-corrected chi connectivity index (χ3v) is 3.71. The van der Waals surface area contributed by atoms with Gasteiger partial charge in [0.05, 0.1) is 10.6 Å². The first kappa shape index (κ1) is 13.2. The first-order valence-corrected chi connectivity index (χ1v) is 6.69. The lowest BCUT2D eigenvalue weighted by atomic mass is 9.91. The van der Waals surface area contributed by atoms with E-state index in [-0.39, 0.29) is 5.91 Å². The molecule has 2 N–H and O–H groups in total. The summed E-state index contributed by atoms with van der Waals surface area (Å²) in [5, 5.41) is 0.472. The van der Waals surface area contributed by atoms with Gasteiger partial charge in [-0.3, -0.25) is 4.79 Å². The van der Waals surface area contributed by atoms with Crippen LogP contribution >= 0.6 is 11.6 Å². The van der Waals surface area contributed by atoms with E-state index in [0.29, 0.717) is 28.1 Å². The minimum absolute atomic E-state index is 0.00861. The minimum Gasteiger partial charge on any atom is -0.399 e. The van der Waals surface area contributed by atoms with Gasteiger partial charge >= 0.3 is 0 Å². The van der Waals surface area contributed by atoms with E-state index in [4.69, 9.17) is 17.3 Å². The lowest BCUT2D eigenvalue weighted by Gasteiger charge is -2.35. The molecule has 2 atom stereocenters. The van der Waals surface area contributed by atoms with Crippen LogP contribution in [0.4, 0.5) is 5.69 Å². The second kappa shape index (κ2) is 5.19. The highest BCUT2D eigenvalue weighted by molar-refractivity contribution is 6.34. The van der Waals surface area contributed by atoms with E-state index in [1.807, 2.05) is 4.90 Å². The van der Waals surface area contributed by atoms with Gasteiger partial charge in [0.15, 0.2) is 0 Å². The summed E-state index contributed by atoms with van der Waals surface area (Å²) in [5.41, 5.74) is 6.80. The zero-order valence-electron chi connectivity index (χ0n) is 10.8. The van der Waals surface area contributed by atoms with Gasteiger partial charge in [-0.15, -0.1) is 0 Å². The van der Waals surface area contributed by atoms with E-state index in [1.54, 1.807) is 18.2 Å². The largest absolute Gasteiger partial charge is 0.399 e. The van der Waals surface area contributed by atoms with Crippen molar-refractivity contribution >= 4 is 23.2 Å². The second-order valence-electron chi connectivity index (χ2n) is 5.40. The molecule has 18 heavy (non-hydrogen) atoms. The number of nitrogen functional groups attached to an aromatic ring is 1. The zero-order chi connectivity index (χ0) is 13.3. The second-order valence-corrected chi connectivity index (χ2v) is 5.80. The summed E-state index contributed by atoms with van der Waals surface area (Å²) in [6, 6.07) is 5.05. The Kier molecular flexibility index (Phi) is 3.81. The number of amides is 1. The molecule has 1 aliphatic rings. The number of likely N-dealkylation sites (tertiary alicyclic amines) is 1. The molecule has 0 unspecified atom stereocenters. The third-order valence-electron chi connectivity index (χ3n) is 3.38. The predicted molar refractivity (Wildman–Crippen MR) is 74.7 cm³/mol. The van der Waals surface area contributed by atoms with Crippen molar-refractivity contribution in [1.29, 1.82) is 0 Å². The zero-order valence-corrected chi connectivity index (χ0v) is 11.6. The number of piperidine rings is 1. The number of nitrogens with zero attached hydrogens (tertiary/aromatic N) is 1. The number of carbonyl (C=O) groups excluding carboxylic acids is 1. The Hall–Kier alpha value is -1.22. The van der Waals surface area contributed by atoms with Crippen molar-refractivity contribution in [2.24, 2.45) is 11.8 Å². The van der Waals surface area contributed by atoms with Gasteiger partial charge in [-0.2, -0.15) is 0 Å². The van der Waals surface area contributed by atoms with Gasteiger partial charge in [0.25, 0.3) is 5.91 Å². The highest BCUT2D eigenvalue weighted by atomic mass is 35.5. The summed E-state index contributed by atoms with van der Waals surface area (Å²) in [6.07, 6.45) is 1.18. The van der Waals surface area contributed by atoms with Gasteiger partial charge in [-0.1, -0.05) is 25.4 Å². The lowest BCUT2D eigenvalue weighted by Crippen LogP contribution is -2.42.